The minimum Gasteiger partial charge on any atom is -0.465 e. The molecule has 0 radical (unpaired) electrons. The predicted octanol–water partition coefficient (Wildman–Crippen LogP) is 12.7. The third kappa shape index (κ3) is 14.5. The zero-order chi connectivity index (χ0) is 42.8. The number of carbonyl (C=O) groups excluding carboxylic acids is 2. The van der Waals surface area contributed by atoms with Gasteiger partial charge in [0.2, 0.25) is 0 Å². The van der Waals surface area contributed by atoms with E-state index in [-0.39, 0.29) is 32.4 Å². The molecule has 0 saturated heterocycles. The van der Waals surface area contributed by atoms with Crippen LogP contribution in [0.1, 0.15) is 129 Å². The Bertz CT molecular complexity index is 1120. The van der Waals surface area contributed by atoms with E-state index in [0.29, 0.717) is 6.42 Å². The van der Waals surface area contributed by atoms with Gasteiger partial charge in [-0.25, -0.2) is 4.79 Å². The molecule has 0 atom stereocenters. The maximum Gasteiger partial charge on any atom is 0.460 e. The lowest BCUT2D eigenvalue weighted by Gasteiger charge is -2.42. The second kappa shape index (κ2) is 22.5. The van der Waals surface area contributed by atoms with Gasteiger partial charge in [0.25, 0.3) is 0 Å². The van der Waals surface area contributed by atoms with Crippen molar-refractivity contribution in [3.8, 4) is 0 Å². The van der Waals surface area contributed by atoms with E-state index in [0.717, 1.165) is 25.7 Å². The summed E-state index contributed by atoms with van der Waals surface area (Å²) < 4.78 is 236. The highest BCUT2D eigenvalue weighted by Gasteiger charge is 2.95. The first kappa shape index (κ1) is 52.6. The molecule has 0 fully saturated rings. The highest BCUT2D eigenvalue weighted by atomic mass is 19.4. The normalized spacial score (nSPS) is 13.9. The van der Waals surface area contributed by atoms with E-state index in [1.165, 1.54) is 57.8 Å². The van der Waals surface area contributed by atoms with Gasteiger partial charge in [-0.3, -0.25) is 4.79 Å². The van der Waals surface area contributed by atoms with E-state index < -0.39 is 79.1 Å². The van der Waals surface area contributed by atoms with Gasteiger partial charge < -0.3 is 14.8 Å². The number of halogens is 17. The first-order chi connectivity index (χ1) is 25.1. The smallest absolute Gasteiger partial charge is 0.460 e. The number of hydrogen-bond acceptors (Lipinski definition) is 4. The Hall–Kier alpha value is -2.45. The maximum atomic E-state index is 13.9. The van der Waals surface area contributed by atoms with E-state index >= 15 is 0 Å². The lowest BCUT2D eigenvalue weighted by Crippen LogP contribution is -2.74. The lowest BCUT2D eigenvalue weighted by atomic mass is 9.88. The summed E-state index contributed by atoms with van der Waals surface area (Å²) in [6, 6.07) is 0. The Morgan fingerprint density at radius 2 is 0.818 bits per heavy atom. The molecule has 328 valence electrons. The predicted molar refractivity (Wildman–Crippen MR) is 164 cm³/mol. The summed E-state index contributed by atoms with van der Waals surface area (Å²) >= 11 is 0. The molecule has 0 unspecified atom stereocenters. The molecule has 1 N–H and O–H groups in total. The number of unbranched alkanes of at least 4 members (excludes halogenated alkanes) is 15. The zero-order valence-corrected chi connectivity index (χ0v) is 30.1. The molecule has 0 bridgehead atoms. The van der Waals surface area contributed by atoms with Gasteiger partial charge in [-0.1, -0.05) is 96.8 Å². The van der Waals surface area contributed by atoms with Crippen molar-refractivity contribution >= 4 is 12.1 Å². The molecule has 0 spiro atoms. The van der Waals surface area contributed by atoms with E-state index in [1.807, 2.05) is 0 Å². The van der Waals surface area contributed by atoms with Gasteiger partial charge in [-0.05, 0) is 19.3 Å². The Labute approximate surface area is 307 Å². The lowest BCUT2D eigenvalue weighted by molar-refractivity contribution is -0.461. The minimum atomic E-state index is -8.70. The molecule has 5 nitrogen and oxygen atoms in total. The number of ether oxygens (including phenoxy) is 2. The van der Waals surface area contributed by atoms with Crippen LogP contribution in [0.3, 0.4) is 0 Å². The van der Waals surface area contributed by atoms with Crippen LogP contribution >= 0.6 is 0 Å². The average molecular weight is 846 g/mol. The van der Waals surface area contributed by atoms with Crippen LogP contribution in [-0.4, -0.2) is 79.5 Å². The Balaban J connectivity index is 4.47. The van der Waals surface area contributed by atoms with Gasteiger partial charge in [0.05, 0.1) is 19.6 Å². The number of esters is 1. The standard InChI is InChI=1S/C33H48F17NO4/c1-2-3-4-5-6-7-8-9-10-11-12-13-14-18-22-55-25(53)51-21-17-15-16-19-24(52)54-23-20-26(34,35)27(36,37)28(38,39)29(40,41)30(42,43)31(44,45)32(46,47)33(48,49)50/h2-23H2,1H3,(H,51,53). The topological polar surface area (TPSA) is 64.6 Å². The van der Waals surface area contributed by atoms with Gasteiger partial charge in [-0.15, -0.1) is 0 Å². The van der Waals surface area contributed by atoms with Crippen LogP contribution < -0.4 is 5.32 Å². The third-order valence-electron chi connectivity index (χ3n) is 8.52. The summed E-state index contributed by atoms with van der Waals surface area (Å²) in [5.41, 5.74) is 0. The number of carbonyl (C=O) groups is 2. The van der Waals surface area contributed by atoms with Gasteiger partial charge in [0.15, 0.2) is 0 Å². The molecule has 1 amide bonds. The molecule has 0 aliphatic heterocycles. The fourth-order valence-electron chi connectivity index (χ4n) is 4.99. The largest absolute Gasteiger partial charge is 0.465 e. The Morgan fingerprint density at radius 1 is 0.436 bits per heavy atom. The highest BCUT2D eigenvalue weighted by Crippen LogP contribution is 2.64. The van der Waals surface area contributed by atoms with E-state index in [4.69, 9.17) is 4.74 Å². The van der Waals surface area contributed by atoms with Crippen LogP contribution in [0.5, 0.6) is 0 Å². The molecule has 0 aliphatic rings. The number of alkyl carbamates (subject to hydrolysis) is 1. The molecule has 0 aromatic carbocycles. The first-order valence-corrected chi connectivity index (χ1v) is 17.9. The first-order valence-electron chi connectivity index (χ1n) is 17.9. The van der Waals surface area contributed by atoms with E-state index in [2.05, 4.69) is 17.0 Å². The fraction of sp³-hybridized carbons (Fsp3) is 0.939. The number of rotatable bonds is 30. The molecule has 0 aromatic rings. The van der Waals surface area contributed by atoms with Gasteiger partial charge in [0.1, 0.15) is 0 Å². The van der Waals surface area contributed by atoms with Crippen molar-refractivity contribution < 1.29 is 93.7 Å². The summed E-state index contributed by atoms with van der Waals surface area (Å²) in [6.45, 7) is 0.453. The molecular formula is C33H48F17NO4. The van der Waals surface area contributed by atoms with Gasteiger partial charge in [-0.2, -0.15) is 74.6 Å². The van der Waals surface area contributed by atoms with Crippen molar-refractivity contribution in [2.45, 2.75) is 177 Å². The molecule has 0 aromatic heterocycles. The fourth-order valence-corrected chi connectivity index (χ4v) is 4.99. The van der Waals surface area contributed by atoms with Crippen molar-refractivity contribution in [1.29, 1.82) is 0 Å². The molecule has 0 rings (SSSR count). The zero-order valence-electron chi connectivity index (χ0n) is 30.1. The summed E-state index contributed by atoms with van der Waals surface area (Å²) in [5.74, 6) is -58.4. The van der Waals surface area contributed by atoms with Crippen molar-refractivity contribution in [1.82, 2.24) is 5.32 Å². The Morgan fingerprint density at radius 3 is 1.25 bits per heavy atom. The summed E-state index contributed by atoms with van der Waals surface area (Å²) in [7, 11) is 0. The molecule has 0 saturated carbocycles. The second-order valence-corrected chi connectivity index (χ2v) is 13.1. The van der Waals surface area contributed by atoms with Crippen molar-refractivity contribution in [2.24, 2.45) is 0 Å². The number of alkyl halides is 17. The van der Waals surface area contributed by atoms with Crippen LogP contribution in [0.25, 0.3) is 0 Å². The summed E-state index contributed by atoms with van der Waals surface area (Å²) in [4.78, 5) is 23.4. The molecule has 0 aliphatic carbocycles. The van der Waals surface area contributed by atoms with Crippen LogP contribution in [0.2, 0.25) is 0 Å². The summed E-state index contributed by atoms with van der Waals surface area (Å²) in [6.07, 6.45) is 4.40. The quantitative estimate of drug-likeness (QED) is 0.0444. The minimum absolute atomic E-state index is 0.0611. The number of hydrogen-bond donors (Lipinski definition) is 1. The van der Waals surface area contributed by atoms with Gasteiger partial charge in [0, 0.05) is 13.0 Å². The van der Waals surface area contributed by atoms with Crippen LogP contribution in [-0.2, 0) is 14.3 Å². The third-order valence-corrected chi connectivity index (χ3v) is 8.52. The van der Waals surface area contributed by atoms with Crippen LogP contribution in [0.15, 0.2) is 0 Å². The van der Waals surface area contributed by atoms with E-state index in [9.17, 15) is 84.2 Å². The van der Waals surface area contributed by atoms with E-state index in [1.54, 1.807) is 0 Å². The van der Waals surface area contributed by atoms with Crippen LogP contribution in [0.4, 0.5) is 79.4 Å². The molecule has 55 heavy (non-hydrogen) atoms. The van der Waals surface area contributed by atoms with Crippen molar-refractivity contribution in [3.05, 3.63) is 0 Å². The number of nitrogens with one attached hydrogen (secondary N) is 1. The van der Waals surface area contributed by atoms with Gasteiger partial charge >= 0.3 is 59.7 Å². The molecule has 0 heterocycles. The Kier molecular flexibility index (Phi) is 21.5. The second-order valence-electron chi connectivity index (χ2n) is 13.1. The average Bonchev–Trinajstić information content (AvgIpc) is 3.06. The molecule has 22 heteroatoms. The highest BCUT2D eigenvalue weighted by molar-refractivity contribution is 5.69. The monoisotopic (exact) mass is 845 g/mol. The van der Waals surface area contributed by atoms with Crippen LogP contribution in [0, 0.1) is 0 Å². The molecular weight excluding hydrogens is 797 g/mol. The van der Waals surface area contributed by atoms with Crippen molar-refractivity contribution in [2.75, 3.05) is 19.8 Å². The SMILES string of the molecule is CCCCCCCCCCCCCCCCOC(=O)NCCCCCC(=O)OCCC(F)(F)C(F)(F)C(F)(F)C(F)(F)C(F)(F)C(F)(F)C(F)(F)C(F)(F)F. The summed E-state index contributed by atoms with van der Waals surface area (Å²) in [5, 5.41) is 2.42. The number of amides is 1. The maximum absolute atomic E-state index is 13.9. The van der Waals surface area contributed by atoms with Crippen molar-refractivity contribution in [3.63, 3.8) is 0 Å².